The maximum atomic E-state index is 12.6. The molecule has 10 heteroatoms. The van der Waals surface area contributed by atoms with Crippen molar-refractivity contribution in [2.75, 3.05) is 5.32 Å². The van der Waals surface area contributed by atoms with Gasteiger partial charge in [0.25, 0.3) is 5.91 Å². The van der Waals surface area contributed by atoms with E-state index in [1.54, 1.807) is 5.32 Å². The van der Waals surface area contributed by atoms with E-state index >= 15 is 0 Å². The van der Waals surface area contributed by atoms with Gasteiger partial charge in [0.05, 0.1) is 11.3 Å². The van der Waals surface area contributed by atoms with Crippen LogP contribution in [0.2, 0.25) is 0 Å². The van der Waals surface area contributed by atoms with Crippen LogP contribution in [0.5, 0.6) is 0 Å². The van der Waals surface area contributed by atoms with E-state index in [0.29, 0.717) is 19.1 Å². The number of hydrogen-bond acceptors (Lipinski definition) is 2. The number of benzene rings is 1. The van der Waals surface area contributed by atoms with Crippen molar-refractivity contribution in [2.24, 2.45) is 5.73 Å². The molecule has 0 aliphatic carbocycles. The number of nitrogens with two attached hydrogens (primary N) is 1. The van der Waals surface area contributed by atoms with Crippen molar-refractivity contribution in [2.45, 2.75) is 24.8 Å². The number of carbonyl (C=O) groups excluding carboxylic acids is 1. The van der Waals surface area contributed by atoms with Gasteiger partial charge < -0.3 is 11.1 Å². The highest BCUT2D eigenvalue weighted by molar-refractivity contribution is 9.10. The van der Waals surface area contributed by atoms with Crippen molar-refractivity contribution in [3.8, 4) is 0 Å². The lowest BCUT2D eigenvalue weighted by Crippen LogP contribution is -2.59. The van der Waals surface area contributed by atoms with E-state index in [4.69, 9.17) is 5.73 Å². The summed E-state index contributed by atoms with van der Waals surface area (Å²) in [7, 11) is 0. The third-order valence-electron chi connectivity index (χ3n) is 2.60. The van der Waals surface area contributed by atoms with E-state index < -0.39 is 35.0 Å². The van der Waals surface area contributed by atoms with Crippen molar-refractivity contribution >= 4 is 27.5 Å². The van der Waals surface area contributed by atoms with Crippen LogP contribution >= 0.6 is 15.9 Å². The Balaban J connectivity index is 3.12. The predicted octanol–water partition coefficient (Wildman–Crippen LogP) is 3.69. The quantitative estimate of drug-likeness (QED) is 0.771. The van der Waals surface area contributed by atoms with E-state index in [9.17, 15) is 31.1 Å². The Hall–Kier alpha value is -1.29. The number of anilines is 1. The summed E-state index contributed by atoms with van der Waals surface area (Å²) in [5, 5.41) is 1.74. The van der Waals surface area contributed by atoms with Crippen molar-refractivity contribution in [1.29, 1.82) is 0 Å². The third kappa shape index (κ3) is 3.88. The zero-order valence-corrected chi connectivity index (χ0v) is 11.9. The molecule has 0 radical (unpaired) electrons. The van der Waals surface area contributed by atoms with Gasteiger partial charge in [0.1, 0.15) is 0 Å². The molecular weight excluding hydrogens is 370 g/mol. The fourth-order valence-electron chi connectivity index (χ4n) is 1.18. The maximum Gasteiger partial charge on any atom is 0.416 e. The SMILES string of the molecule is CC(N)(C(=O)Nc1cc(C(F)(F)F)ccc1Br)C(F)(F)F. The van der Waals surface area contributed by atoms with Gasteiger partial charge in [0.15, 0.2) is 5.54 Å². The van der Waals surface area contributed by atoms with Crippen molar-refractivity contribution in [3.05, 3.63) is 28.2 Å². The lowest BCUT2D eigenvalue weighted by atomic mass is 10.0. The molecule has 0 aromatic heterocycles. The second-order valence-corrected chi connectivity index (χ2v) is 5.20. The van der Waals surface area contributed by atoms with Gasteiger partial charge in [-0.1, -0.05) is 0 Å². The Morgan fingerprint density at radius 2 is 1.71 bits per heavy atom. The highest BCUT2D eigenvalue weighted by Crippen LogP contribution is 2.35. The molecule has 1 unspecified atom stereocenters. The molecule has 0 saturated heterocycles. The number of alkyl halides is 6. The molecule has 21 heavy (non-hydrogen) atoms. The first-order valence-corrected chi connectivity index (χ1v) is 6.10. The molecule has 0 spiro atoms. The predicted molar refractivity (Wildman–Crippen MR) is 66.4 cm³/mol. The normalized spacial score (nSPS) is 15.5. The second kappa shape index (κ2) is 5.48. The molecule has 0 heterocycles. The van der Waals surface area contributed by atoms with E-state index in [-0.39, 0.29) is 4.47 Å². The average molecular weight is 379 g/mol. The minimum absolute atomic E-state index is 0.0122. The van der Waals surface area contributed by atoms with Gasteiger partial charge in [-0.25, -0.2) is 0 Å². The molecule has 0 fully saturated rings. The molecule has 1 aromatic carbocycles. The van der Waals surface area contributed by atoms with Crippen LogP contribution in [-0.4, -0.2) is 17.6 Å². The first-order valence-electron chi connectivity index (χ1n) is 5.30. The molecule has 3 nitrogen and oxygen atoms in total. The molecule has 1 rings (SSSR count). The number of amides is 1. The molecule has 0 aliphatic heterocycles. The van der Waals surface area contributed by atoms with Crippen LogP contribution in [0.3, 0.4) is 0 Å². The number of nitrogens with one attached hydrogen (secondary N) is 1. The van der Waals surface area contributed by atoms with Crippen LogP contribution in [-0.2, 0) is 11.0 Å². The molecule has 1 atom stereocenters. The molecule has 0 saturated carbocycles. The molecule has 0 aliphatic rings. The lowest BCUT2D eigenvalue weighted by molar-refractivity contribution is -0.184. The molecule has 118 valence electrons. The third-order valence-corrected chi connectivity index (χ3v) is 3.29. The van der Waals surface area contributed by atoms with E-state index in [0.717, 1.165) is 6.07 Å². The molecule has 1 amide bonds. The van der Waals surface area contributed by atoms with Gasteiger partial charge in [-0.15, -0.1) is 0 Å². The van der Waals surface area contributed by atoms with Gasteiger partial charge in [-0.3, -0.25) is 4.79 Å². The van der Waals surface area contributed by atoms with Crippen LogP contribution in [0, 0.1) is 0 Å². The summed E-state index contributed by atoms with van der Waals surface area (Å²) < 4.78 is 75.3. The van der Waals surface area contributed by atoms with Crippen molar-refractivity contribution in [3.63, 3.8) is 0 Å². The Morgan fingerprint density at radius 1 is 1.19 bits per heavy atom. The van der Waals surface area contributed by atoms with Crippen LogP contribution < -0.4 is 11.1 Å². The highest BCUT2D eigenvalue weighted by atomic mass is 79.9. The van der Waals surface area contributed by atoms with E-state index in [1.807, 2.05) is 0 Å². The fourth-order valence-corrected chi connectivity index (χ4v) is 1.52. The average Bonchev–Trinajstić information content (AvgIpc) is 2.28. The van der Waals surface area contributed by atoms with Gasteiger partial charge in [-0.2, -0.15) is 26.3 Å². The van der Waals surface area contributed by atoms with Crippen LogP contribution in [0.25, 0.3) is 0 Å². The monoisotopic (exact) mass is 378 g/mol. The van der Waals surface area contributed by atoms with Crippen LogP contribution in [0.4, 0.5) is 32.0 Å². The number of hydrogen-bond donors (Lipinski definition) is 2. The second-order valence-electron chi connectivity index (χ2n) is 4.35. The largest absolute Gasteiger partial charge is 0.416 e. The smallest absolute Gasteiger partial charge is 0.323 e. The van der Waals surface area contributed by atoms with Crippen molar-refractivity contribution in [1.82, 2.24) is 0 Å². The molecular formula is C11H9BrF6N2O. The first-order chi connectivity index (χ1) is 9.26. The topological polar surface area (TPSA) is 55.1 Å². The summed E-state index contributed by atoms with van der Waals surface area (Å²) in [5.41, 5.74) is 0.0680. The lowest BCUT2D eigenvalue weighted by Gasteiger charge is -2.26. The minimum atomic E-state index is -5.05. The Labute approximate surface area is 123 Å². The highest BCUT2D eigenvalue weighted by Gasteiger charge is 2.54. The summed E-state index contributed by atoms with van der Waals surface area (Å²) in [6.07, 6.45) is -9.75. The standard InChI is InChI=1S/C11H9BrF6N2O/c1-9(19,11(16,17)18)8(21)20-7-4-5(10(13,14)15)2-3-6(7)12/h2-4H,19H2,1H3,(H,20,21). The summed E-state index contributed by atoms with van der Waals surface area (Å²) in [4.78, 5) is 11.5. The van der Waals surface area contributed by atoms with Gasteiger partial charge >= 0.3 is 12.4 Å². The van der Waals surface area contributed by atoms with Gasteiger partial charge in [0, 0.05) is 4.47 Å². The summed E-state index contributed by atoms with van der Waals surface area (Å²) in [6.45, 7) is 0.420. The number of rotatable bonds is 2. The molecule has 0 bridgehead atoms. The fraction of sp³-hybridized carbons (Fsp3) is 0.364. The summed E-state index contributed by atoms with van der Waals surface area (Å²) in [6, 6.07) is 2.18. The summed E-state index contributed by atoms with van der Waals surface area (Å²) >= 11 is 2.84. The van der Waals surface area contributed by atoms with Gasteiger partial charge in [-0.05, 0) is 41.1 Å². The Bertz CT molecular complexity index is 553. The van der Waals surface area contributed by atoms with Crippen molar-refractivity contribution < 1.29 is 31.1 Å². The van der Waals surface area contributed by atoms with E-state index in [2.05, 4.69) is 15.9 Å². The summed E-state index contributed by atoms with van der Waals surface area (Å²) in [5.74, 6) is -1.67. The van der Waals surface area contributed by atoms with Gasteiger partial charge in [0.2, 0.25) is 0 Å². The van der Waals surface area contributed by atoms with Crippen LogP contribution in [0.15, 0.2) is 22.7 Å². The number of halogens is 7. The van der Waals surface area contributed by atoms with E-state index in [1.165, 1.54) is 0 Å². The Morgan fingerprint density at radius 3 is 2.14 bits per heavy atom. The van der Waals surface area contributed by atoms with Crippen LogP contribution in [0.1, 0.15) is 12.5 Å². The molecule has 1 aromatic rings. The molecule has 3 N–H and O–H groups in total. The maximum absolute atomic E-state index is 12.6. The minimum Gasteiger partial charge on any atom is -0.323 e. The Kier molecular flexibility index (Phi) is 4.64. The number of carbonyl (C=O) groups is 1. The zero-order chi connectivity index (χ0) is 16.6. The zero-order valence-electron chi connectivity index (χ0n) is 10.4. The first kappa shape index (κ1) is 17.8.